The fourth-order valence-electron chi connectivity index (χ4n) is 2.43. The summed E-state index contributed by atoms with van der Waals surface area (Å²) in [6.07, 6.45) is 0. The fourth-order valence-corrected chi connectivity index (χ4v) is 2.96. The summed E-state index contributed by atoms with van der Waals surface area (Å²) in [7, 11) is 0. The van der Waals surface area contributed by atoms with Crippen LogP contribution in [0, 0.1) is 0 Å². The molecule has 0 bridgehead atoms. The Morgan fingerprint density at radius 3 is 2.55 bits per heavy atom. The van der Waals surface area contributed by atoms with Gasteiger partial charge in [0.1, 0.15) is 5.69 Å². The second-order valence-corrected chi connectivity index (χ2v) is 5.65. The largest absolute Gasteiger partial charge is 0.335 e. The van der Waals surface area contributed by atoms with Gasteiger partial charge in [-0.3, -0.25) is 9.69 Å². The molecule has 1 aliphatic rings. The number of amides is 1. The molecule has 0 unspecified atom stereocenters. The zero-order valence-corrected chi connectivity index (χ0v) is 12.1. The molecule has 4 nitrogen and oxygen atoms in total. The van der Waals surface area contributed by atoms with Crippen LogP contribution >= 0.6 is 11.3 Å². The molecule has 0 saturated carbocycles. The molecule has 0 atom stereocenters. The van der Waals surface area contributed by atoms with Crippen molar-refractivity contribution in [3.05, 3.63) is 52.5 Å². The average molecular weight is 287 g/mol. The molecule has 1 fully saturated rings. The minimum Gasteiger partial charge on any atom is -0.335 e. The van der Waals surface area contributed by atoms with E-state index >= 15 is 0 Å². The highest BCUT2D eigenvalue weighted by atomic mass is 32.1. The molecule has 1 amide bonds. The van der Waals surface area contributed by atoms with Gasteiger partial charge in [0.2, 0.25) is 0 Å². The molecule has 0 aliphatic carbocycles. The lowest BCUT2D eigenvalue weighted by atomic mass is 10.2. The maximum absolute atomic E-state index is 12.2. The zero-order valence-electron chi connectivity index (χ0n) is 11.2. The number of aromatic nitrogens is 1. The lowest BCUT2D eigenvalue weighted by Gasteiger charge is -2.34. The third-order valence-corrected chi connectivity index (χ3v) is 4.15. The first-order valence-electron chi connectivity index (χ1n) is 6.76. The third kappa shape index (κ3) is 3.05. The molecule has 1 aromatic carbocycles. The van der Waals surface area contributed by atoms with Gasteiger partial charge in [-0.05, 0) is 5.56 Å². The van der Waals surface area contributed by atoms with Crippen LogP contribution in [-0.4, -0.2) is 46.9 Å². The third-order valence-electron chi connectivity index (χ3n) is 3.56. The number of hydrogen-bond donors (Lipinski definition) is 0. The lowest BCUT2D eigenvalue weighted by molar-refractivity contribution is 0.0623. The fraction of sp³-hybridized carbons (Fsp3) is 0.333. The second-order valence-electron chi connectivity index (χ2n) is 4.93. The van der Waals surface area contributed by atoms with Crippen LogP contribution < -0.4 is 0 Å². The van der Waals surface area contributed by atoms with Crippen molar-refractivity contribution < 1.29 is 4.79 Å². The number of benzene rings is 1. The average Bonchev–Trinajstić information content (AvgIpc) is 3.03. The Hall–Kier alpha value is -1.72. The van der Waals surface area contributed by atoms with Gasteiger partial charge in [-0.2, -0.15) is 0 Å². The van der Waals surface area contributed by atoms with Gasteiger partial charge in [-0.25, -0.2) is 4.98 Å². The number of rotatable bonds is 3. The van der Waals surface area contributed by atoms with Crippen LogP contribution in [0.4, 0.5) is 0 Å². The van der Waals surface area contributed by atoms with Gasteiger partial charge in [0.15, 0.2) is 0 Å². The zero-order chi connectivity index (χ0) is 13.8. The van der Waals surface area contributed by atoms with Gasteiger partial charge in [-0.1, -0.05) is 30.3 Å². The molecule has 0 N–H and O–H groups in total. The SMILES string of the molecule is O=C(c1cscn1)N1CCN(Cc2ccccc2)CC1. The Bertz CT molecular complexity index is 548. The van der Waals surface area contributed by atoms with E-state index in [9.17, 15) is 4.79 Å². The molecule has 1 aromatic heterocycles. The summed E-state index contributed by atoms with van der Waals surface area (Å²) in [6.45, 7) is 4.36. The van der Waals surface area contributed by atoms with Gasteiger partial charge < -0.3 is 4.90 Å². The monoisotopic (exact) mass is 287 g/mol. The molecule has 1 saturated heterocycles. The van der Waals surface area contributed by atoms with Crippen molar-refractivity contribution in [3.63, 3.8) is 0 Å². The summed E-state index contributed by atoms with van der Waals surface area (Å²) in [4.78, 5) is 20.6. The van der Waals surface area contributed by atoms with Crippen LogP contribution in [0.25, 0.3) is 0 Å². The van der Waals surface area contributed by atoms with E-state index < -0.39 is 0 Å². The van der Waals surface area contributed by atoms with Crippen LogP contribution in [0.2, 0.25) is 0 Å². The summed E-state index contributed by atoms with van der Waals surface area (Å²) >= 11 is 1.47. The van der Waals surface area contributed by atoms with Crippen molar-refractivity contribution in [1.29, 1.82) is 0 Å². The Kier molecular flexibility index (Phi) is 4.08. The van der Waals surface area contributed by atoms with E-state index in [1.807, 2.05) is 16.3 Å². The highest BCUT2D eigenvalue weighted by Crippen LogP contribution is 2.11. The Morgan fingerprint density at radius 1 is 1.15 bits per heavy atom. The number of nitrogens with zero attached hydrogens (tertiary/aromatic N) is 3. The summed E-state index contributed by atoms with van der Waals surface area (Å²) in [5.41, 5.74) is 3.61. The first-order valence-corrected chi connectivity index (χ1v) is 7.71. The van der Waals surface area contributed by atoms with Crippen molar-refractivity contribution in [2.75, 3.05) is 26.2 Å². The topological polar surface area (TPSA) is 36.4 Å². The van der Waals surface area contributed by atoms with Crippen molar-refractivity contribution in [3.8, 4) is 0 Å². The first-order chi connectivity index (χ1) is 9.83. The first kappa shape index (κ1) is 13.3. The van der Waals surface area contributed by atoms with Crippen molar-refractivity contribution in [2.45, 2.75) is 6.54 Å². The molecular weight excluding hydrogens is 270 g/mol. The smallest absolute Gasteiger partial charge is 0.273 e. The molecule has 20 heavy (non-hydrogen) atoms. The molecule has 3 rings (SSSR count). The number of thiazole rings is 1. The summed E-state index contributed by atoms with van der Waals surface area (Å²) < 4.78 is 0. The van der Waals surface area contributed by atoms with E-state index in [4.69, 9.17) is 0 Å². The van der Waals surface area contributed by atoms with Gasteiger partial charge in [0, 0.05) is 38.1 Å². The molecule has 0 spiro atoms. The molecule has 0 radical (unpaired) electrons. The Morgan fingerprint density at radius 2 is 1.90 bits per heavy atom. The van der Waals surface area contributed by atoms with Crippen LogP contribution in [0.5, 0.6) is 0 Å². The highest BCUT2D eigenvalue weighted by Gasteiger charge is 2.22. The standard InChI is InChI=1S/C15H17N3OS/c19-15(14-11-20-12-16-14)18-8-6-17(7-9-18)10-13-4-2-1-3-5-13/h1-5,11-12H,6-10H2. The molecule has 2 heterocycles. The predicted octanol–water partition coefficient (Wildman–Crippen LogP) is 2.10. The second kappa shape index (κ2) is 6.15. The number of carbonyl (C=O) groups excluding carboxylic acids is 1. The molecule has 5 heteroatoms. The van der Waals surface area contributed by atoms with Crippen molar-refractivity contribution in [1.82, 2.24) is 14.8 Å². The van der Waals surface area contributed by atoms with Gasteiger partial charge in [-0.15, -0.1) is 11.3 Å². The maximum Gasteiger partial charge on any atom is 0.273 e. The predicted molar refractivity (Wildman–Crippen MR) is 79.7 cm³/mol. The van der Waals surface area contributed by atoms with E-state index in [1.165, 1.54) is 16.9 Å². The summed E-state index contributed by atoms with van der Waals surface area (Å²) in [5, 5.41) is 1.82. The van der Waals surface area contributed by atoms with Crippen molar-refractivity contribution >= 4 is 17.2 Å². The van der Waals surface area contributed by atoms with Gasteiger partial charge in [0.05, 0.1) is 5.51 Å². The highest BCUT2D eigenvalue weighted by molar-refractivity contribution is 7.07. The van der Waals surface area contributed by atoms with E-state index in [2.05, 4.69) is 34.1 Å². The summed E-state index contributed by atoms with van der Waals surface area (Å²) in [5.74, 6) is 0.0608. The van der Waals surface area contributed by atoms with E-state index in [-0.39, 0.29) is 5.91 Å². The number of piperazine rings is 1. The molecule has 1 aliphatic heterocycles. The van der Waals surface area contributed by atoms with Crippen LogP contribution in [0.15, 0.2) is 41.2 Å². The number of carbonyl (C=O) groups is 1. The quantitative estimate of drug-likeness (QED) is 0.867. The molecular formula is C15H17N3OS. The van der Waals surface area contributed by atoms with Crippen LogP contribution in [0.1, 0.15) is 16.1 Å². The number of hydrogen-bond acceptors (Lipinski definition) is 4. The normalized spacial score (nSPS) is 16.3. The Balaban J connectivity index is 1.53. The molecule has 2 aromatic rings. The molecule has 104 valence electrons. The van der Waals surface area contributed by atoms with Gasteiger partial charge >= 0.3 is 0 Å². The van der Waals surface area contributed by atoms with Gasteiger partial charge in [0.25, 0.3) is 5.91 Å². The minimum absolute atomic E-state index is 0.0608. The van der Waals surface area contributed by atoms with Crippen LogP contribution in [0.3, 0.4) is 0 Å². The van der Waals surface area contributed by atoms with E-state index in [0.29, 0.717) is 5.69 Å². The lowest BCUT2D eigenvalue weighted by Crippen LogP contribution is -2.48. The van der Waals surface area contributed by atoms with Crippen molar-refractivity contribution in [2.24, 2.45) is 0 Å². The Labute approximate surface area is 122 Å². The minimum atomic E-state index is 0.0608. The van der Waals surface area contributed by atoms with E-state index in [1.54, 1.807) is 5.51 Å². The van der Waals surface area contributed by atoms with E-state index in [0.717, 1.165) is 32.7 Å². The van der Waals surface area contributed by atoms with Crippen LogP contribution in [-0.2, 0) is 6.54 Å². The maximum atomic E-state index is 12.2. The summed E-state index contributed by atoms with van der Waals surface area (Å²) in [6, 6.07) is 10.5.